The first kappa shape index (κ1) is 14.0. The molecule has 4 nitrogen and oxygen atoms in total. The summed E-state index contributed by atoms with van der Waals surface area (Å²) in [5.74, 6) is -0.188. The summed E-state index contributed by atoms with van der Waals surface area (Å²) < 4.78 is 12.9. The van der Waals surface area contributed by atoms with E-state index in [2.05, 4.69) is 10.2 Å². The quantitative estimate of drug-likeness (QED) is 0.830. The van der Waals surface area contributed by atoms with Gasteiger partial charge < -0.3 is 11.1 Å². The van der Waals surface area contributed by atoms with E-state index < -0.39 is 0 Å². The molecule has 2 rings (SSSR count). The summed E-state index contributed by atoms with van der Waals surface area (Å²) in [5.41, 5.74) is 6.41. The molecular weight excluding hydrogens is 245 g/mol. The normalized spacial score (nSPS) is 19.6. The first-order valence-electron chi connectivity index (χ1n) is 6.67. The summed E-state index contributed by atoms with van der Waals surface area (Å²) in [4.78, 5) is 14.1. The topological polar surface area (TPSA) is 58.4 Å². The minimum Gasteiger partial charge on any atom is -0.353 e. The van der Waals surface area contributed by atoms with Gasteiger partial charge in [0.2, 0.25) is 5.91 Å². The lowest BCUT2D eigenvalue weighted by Crippen LogP contribution is -2.44. The van der Waals surface area contributed by atoms with E-state index in [1.165, 1.54) is 12.1 Å². The van der Waals surface area contributed by atoms with E-state index in [0.717, 1.165) is 24.9 Å². The van der Waals surface area contributed by atoms with Gasteiger partial charge in [-0.3, -0.25) is 9.69 Å². The van der Waals surface area contributed by atoms with Gasteiger partial charge in [0.1, 0.15) is 5.82 Å². The fourth-order valence-electron chi connectivity index (χ4n) is 2.45. The monoisotopic (exact) mass is 265 g/mol. The average molecular weight is 265 g/mol. The Labute approximate surface area is 112 Å². The van der Waals surface area contributed by atoms with Crippen LogP contribution in [0, 0.1) is 5.82 Å². The Morgan fingerprint density at radius 3 is 2.84 bits per heavy atom. The Hall–Kier alpha value is -1.46. The summed E-state index contributed by atoms with van der Waals surface area (Å²) in [6.45, 7) is 2.55. The molecule has 1 heterocycles. The third kappa shape index (κ3) is 3.75. The summed E-state index contributed by atoms with van der Waals surface area (Å²) in [5, 5.41) is 2.83. The number of halogens is 1. The second-order valence-corrected chi connectivity index (χ2v) is 4.83. The molecule has 1 saturated heterocycles. The number of hydrogen-bond acceptors (Lipinski definition) is 3. The minimum atomic E-state index is -0.234. The molecular formula is C14H20FN3O. The van der Waals surface area contributed by atoms with Gasteiger partial charge in [-0.15, -0.1) is 0 Å². The molecule has 19 heavy (non-hydrogen) atoms. The molecule has 1 atom stereocenters. The Balaban J connectivity index is 1.95. The van der Waals surface area contributed by atoms with Gasteiger partial charge in [0.05, 0.1) is 6.04 Å². The standard InChI is InChI=1S/C14H20FN3O/c15-12-5-3-11(4-6-12)10-18-9-1-2-13(18)14(19)17-8-7-16/h3-6,13H,1-2,7-10,16H2,(H,17,19). The largest absolute Gasteiger partial charge is 0.353 e. The summed E-state index contributed by atoms with van der Waals surface area (Å²) >= 11 is 0. The summed E-state index contributed by atoms with van der Waals surface area (Å²) in [6.07, 6.45) is 1.89. The summed E-state index contributed by atoms with van der Waals surface area (Å²) in [6, 6.07) is 6.35. The maximum Gasteiger partial charge on any atom is 0.237 e. The van der Waals surface area contributed by atoms with Crippen LogP contribution < -0.4 is 11.1 Å². The Morgan fingerprint density at radius 2 is 2.16 bits per heavy atom. The van der Waals surface area contributed by atoms with Crippen LogP contribution in [0.4, 0.5) is 4.39 Å². The number of rotatable bonds is 5. The molecule has 0 radical (unpaired) electrons. The van der Waals surface area contributed by atoms with E-state index in [0.29, 0.717) is 19.6 Å². The molecule has 1 unspecified atom stereocenters. The van der Waals surface area contributed by atoms with Crippen LogP contribution in [-0.4, -0.2) is 36.5 Å². The van der Waals surface area contributed by atoms with E-state index in [-0.39, 0.29) is 17.8 Å². The molecule has 1 aliphatic heterocycles. The van der Waals surface area contributed by atoms with Crippen LogP contribution in [0.3, 0.4) is 0 Å². The van der Waals surface area contributed by atoms with Gasteiger partial charge in [0.15, 0.2) is 0 Å². The van der Waals surface area contributed by atoms with Crippen molar-refractivity contribution in [3.8, 4) is 0 Å². The van der Waals surface area contributed by atoms with Crippen molar-refractivity contribution in [2.45, 2.75) is 25.4 Å². The number of benzene rings is 1. The number of carbonyl (C=O) groups excluding carboxylic acids is 1. The molecule has 104 valence electrons. The van der Waals surface area contributed by atoms with Crippen molar-refractivity contribution < 1.29 is 9.18 Å². The molecule has 0 aromatic heterocycles. The fraction of sp³-hybridized carbons (Fsp3) is 0.500. The van der Waals surface area contributed by atoms with E-state index in [1.807, 2.05) is 0 Å². The molecule has 1 aromatic rings. The summed E-state index contributed by atoms with van der Waals surface area (Å²) in [7, 11) is 0. The lowest BCUT2D eigenvalue weighted by Gasteiger charge is -2.23. The third-order valence-corrected chi connectivity index (χ3v) is 3.41. The zero-order valence-electron chi connectivity index (χ0n) is 10.9. The first-order chi connectivity index (χ1) is 9.20. The number of amides is 1. The predicted octanol–water partition coefficient (Wildman–Crippen LogP) is 0.865. The highest BCUT2D eigenvalue weighted by Crippen LogP contribution is 2.20. The van der Waals surface area contributed by atoms with Gasteiger partial charge in [0.25, 0.3) is 0 Å². The van der Waals surface area contributed by atoms with Crippen molar-refractivity contribution in [1.82, 2.24) is 10.2 Å². The molecule has 1 amide bonds. The SMILES string of the molecule is NCCNC(=O)C1CCCN1Cc1ccc(F)cc1. The third-order valence-electron chi connectivity index (χ3n) is 3.41. The number of carbonyl (C=O) groups is 1. The van der Waals surface area contributed by atoms with Crippen molar-refractivity contribution in [2.24, 2.45) is 5.73 Å². The van der Waals surface area contributed by atoms with Crippen molar-refractivity contribution >= 4 is 5.91 Å². The van der Waals surface area contributed by atoms with E-state index in [9.17, 15) is 9.18 Å². The zero-order valence-corrected chi connectivity index (χ0v) is 10.9. The maximum atomic E-state index is 12.9. The molecule has 0 aliphatic carbocycles. The van der Waals surface area contributed by atoms with Gasteiger partial charge in [-0.25, -0.2) is 4.39 Å². The molecule has 5 heteroatoms. The molecule has 0 saturated carbocycles. The van der Waals surface area contributed by atoms with Gasteiger partial charge in [-0.1, -0.05) is 12.1 Å². The zero-order chi connectivity index (χ0) is 13.7. The first-order valence-corrected chi connectivity index (χ1v) is 6.67. The minimum absolute atomic E-state index is 0.0464. The Kier molecular flexibility index (Phi) is 4.87. The van der Waals surface area contributed by atoms with Crippen molar-refractivity contribution in [1.29, 1.82) is 0 Å². The fourth-order valence-corrected chi connectivity index (χ4v) is 2.45. The Morgan fingerprint density at radius 1 is 1.42 bits per heavy atom. The number of likely N-dealkylation sites (tertiary alicyclic amines) is 1. The molecule has 0 spiro atoms. The highest BCUT2D eigenvalue weighted by Gasteiger charge is 2.30. The van der Waals surface area contributed by atoms with E-state index in [1.54, 1.807) is 12.1 Å². The number of nitrogens with zero attached hydrogens (tertiary/aromatic N) is 1. The molecule has 1 aliphatic rings. The highest BCUT2D eigenvalue weighted by molar-refractivity contribution is 5.82. The second-order valence-electron chi connectivity index (χ2n) is 4.83. The van der Waals surface area contributed by atoms with Crippen LogP contribution in [0.2, 0.25) is 0 Å². The number of nitrogens with two attached hydrogens (primary N) is 1. The second kappa shape index (κ2) is 6.63. The molecule has 0 bridgehead atoms. The van der Waals surface area contributed by atoms with Gasteiger partial charge in [-0.05, 0) is 37.1 Å². The lowest BCUT2D eigenvalue weighted by molar-refractivity contribution is -0.125. The molecule has 1 aromatic carbocycles. The van der Waals surface area contributed by atoms with Crippen LogP contribution >= 0.6 is 0 Å². The van der Waals surface area contributed by atoms with Gasteiger partial charge >= 0.3 is 0 Å². The number of hydrogen-bond donors (Lipinski definition) is 2. The average Bonchev–Trinajstić information content (AvgIpc) is 2.87. The lowest BCUT2D eigenvalue weighted by atomic mass is 10.1. The van der Waals surface area contributed by atoms with Crippen LogP contribution in [0.1, 0.15) is 18.4 Å². The van der Waals surface area contributed by atoms with Crippen LogP contribution in [0.25, 0.3) is 0 Å². The predicted molar refractivity (Wildman–Crippen MR) is 71.9 cm³/mol. The van der Waals surface area contributed by atoms with Gasteiger partial charge in [0, 0.05) is 19.6 Å². The van der Waals surface area contributed by atoms with Crippen LogP contribution in [-0.2, 0) is 11.3 Å². The molecule has 3 N–H and O–H groups in total. The van der Waals surface area contributed by atoms with Gasteiger partial charge in [-0.2, -0.15) is 0 Å². The van der Waals surface area contributed by atoms with E-state index in [4.69, 9.17) is 5.73 Å². The Bertz CT molecular complexity index is 421. The van der Waals surface area contributed by atoms with Crippen LogP contribution in [0.5, 0.6) is 0 Å². The number of nitrogens with one attached hydrogen (secondary N) is 1. The van der Waals surface area contributed by atoms with Crippen molar-refractivity contribution in [2.75, 3.05) is 19.6 Å². The van der Waals surface area contributed by atoms with Crippen LogP contribution in [0.15, 0.2) is 24.3 Å². The van der Waals surface area contributed by atoms with Crippen molar-refractivity contribution in [3.05, 3.63) is 35.6 Å². The highest BCUT2D eigenvalue weighted by atomic mass is 19.1. The molecule has 1 fully saturated rings. The van der Waals surface area contributed by atoms with E-state index >= 15 is 0 Å². The smallest absolute Gasteiger partial charge is 0.237 e. The maximum absolute atomic E-state index is 12.9. The van der Waals surface area contributed by atoms with Crippen molar-refractivity contribution in [3.63, 3.8) is 0 Å².